The van der Waals surface area contributed by atoms with E-state index in [2.05, 4.69) is 26.1 Å². The fourth-order valence-electron chi connectivity index (χ4n) is 1.49. The lowest BCUT2D eigenvalue weighted by Gasteiger charge is -2.21. The van der Waals surface area contributed by atoms with Gasteiger partial charge in [-0.1, -0.05) is 5.57 Å². The summed E-state index contributed by atoms with van der Waals surface area (Å²) in [5, 5.41) is 3.34. The summed E-state index contributed by atoms with van der Waals surface area (Å²) in [6.07, 6.45) is 2.00. The van der Waals surface area contributed by atoms with E-state index < -0.39 is 0 Å². The fourth-order valence-corrected chi connectivity index (χ4v) is 1.49. The summed E-state index contributed by atoms with van der Waals surface area (Å²) in [7, 11) is 0. The van der Waals surface area contributed by atoms with Crippen LogP contribution in [0.2, 0.25) is 0 Å². The van der Waals surface area contributed by atoms with Crippen LogP contribution in [0.1, 0.15) is 40.2 Å². The topological polar surface area (TPSA) is 21.3 Å². The lowest BCUT2D eigenvalue weighted by atomic mass is 10.1. The Morgan fingerprint density at radius 3 is 2.58 bits per heavy atom. The molecule has 0 radical (unpaired) electrons. The van der Waals surface area contributed by atoms with Gasteiger partial charge in [-0.15, -0.1) is 0 Å². The third-order valence-corrected chi connectivity index (χ3v) is 2.56. The number of nitrogens with one attached hydrogen (secondary N) is 1. The number of rotatable bonds is 5. The predicted octanol–water partition coefficient (Wildman–Crippen LogP) is 4.06. The minimum Gasteiger partial charge on any atom is -0.489 e. The first-order chi connectivity index (χ1) is 8.78. The summed E-state index contributed by atoms with van der Waals surface area (Å²) in [6.45, 7) is 11.4. The molecular formula is C16H24FNO. The molecule has 1 N–H and O–H groups in total. The molecule has 0 fully saturated rings. The zero-order valence-electron chi connectivity index (χ0n) is 12.5. The van der Waals surface area contributed by atoms with Crippen LogP contribution in [0.15, 0.2) is 29.8 Å². The molecule has 0 aliphatic rings. The molecule has 2 nitrogen and oxygen atoms in total. The maximum Gasteiger partial charge on any atom is 0.124 e. The van der Waals surface area contributed by atoms with Crippen molar-refractivity contribution < 1.29 is 9.13 Å². The van der Waals surface area contributed by atoms with Crippen molar-refractivity contribution >= 4 is 0 Å². The highest BCUT2D eigenvalue weighted by molar-refractivity contribution is 5.34. The first-order valence-electron chi connectivity index (χ1n) is 6.57. The third-order valence-electron chi connectivity index (χ3n) is 2.56. The molecule has 0 aromatic heterocycles. The normalized spacial score (nSPS) is 11.3. The van der Waals surface area contributed by atoms with E-state index in [-0.39, 0.29) is 11.4 Å². The van der Waals surface area contributed by atoms with E-state index >= 15 is 0 Å². The van der Waals surface area contributed by atoms with Gasteiger partial charge in [0, 0.05) is 17.6 Å². The average molecular weight is 265 g/mol. The number of hydrogen-bond acceptors (Lipinski definition) is 2. The van der Waals surface area contributed by atoms with E-state index in [9.17, 15) is 4.39 Å². The summed E-state index contributed by atoms with van der Waals surface area (Å²) in [5.74, 6) is 0.496. The van der Waals surface area contributed by atoms with E-state index in [0.29, 0.717) is 13.2 Å². The standard InChI is InChI=1S/C16H24FNO/c1-12(2)8-9-19-15-7-6-14(17)10-13(15)11-18-16(3,4)5/h6-8,10,18H,9,11H2,1-5H3. The monoisotopic (exact) mass is 265 g/mol. The maximum absolute atomic E-state index is 13.3. The Morgan fingerprint density at radius 2 is 2.00 bits per heavy atom. The van der Waals surface area contributed by atoms with E-state index in [1.54, 1.807) is 6.07 Å². The smallest absolute Gasteiger partial charge is 0.124 e. The molecule has 106 valence electrons. The van der Waals surface area contributed by atoms with E-state index in [0.717, 1.165) is 11.3 Å². The van der Waals surface area contributed by atoms with Crippen molar-refractivity contribution in [3.8, 4) is 5.75 Å². The minimum absolute atomic E-state index is 0.0104. The Hall–Kier alpha value is -1.35. The molecule has 0 unspecified atom stereocenters. The van der Waals surface area contributed by atoms with Crippen molar-refractivity contribution in [2.75, 3.05) is 6.61 Å². The van der Waals surface area contributed by atoms with Crippen LogP contribution in [0.5, 0.6) is 5.75 Å². The molecule has 0 spiro atoms. The van der Waals surface area contributed by atoms with Gasteiger partial charge in [-0.2, -0.15) is 0 Å². The number of halogens is 1. The van der Waals surface area contributed by atoms with Gasteiger partial charge >= 0.3 is 0 Å². The Balaban J connectivity index is 2.76. The van der Waals surface area contributed by atoms with Crippen molar-refractivity contribution in [1.29, 1.82) is 0 Å². The van der Waals surface area contributed by atoms with Crippen LogP contribution < -0.4 is 10.1 Å². The van der Waals surface area contributed by atoms with E-state index in [1.807, 2.05) is 19.9 Å². The molecule has 0 aliphatic heterocycles. The molecule has 3 heteroatoms. The first kappa shape index (κ1) is 15.7. The molecule has 19 heavy (non-hydrogen) atoms. The van der Waals surface area contributed by atoms with Gasteiger partial charge in [-0.25, -0.2) is 4.39 Å². The average Bonchev–Trinajstić information content (AvgIpc) is 2.27. The summed E-state index contributed by atoms with van der Waals surface area (Å²) in [6, 6.07) is 4.64. The second-order valence-electron chi connectivity index (χ2n) is 5.95. The first-order valence-corrected chi connectivity index (χ1v) is 6.57. The van der Waals surface area contributed by atoms with Crippen molar-refractivity contribution in [3.05, 3.63) is 41.2 Å². The minimum atomic E-state index is -0.236. The van der Waals surface area contributed by atoms with Crippen molar-refractivity contribution in [3.63, 3.8) is 0 Å². The molecule has 0 heterocycles. The van der Waals surface area contributed by atoms with Crippen molar-refractivity contribution in [1.82, 2.24) is 5.32 Å². The maximum atomic E-state index is 13.3. The highest BCUT2D eigenvalue weighted by Crippen LogP contribution is 2.20. The molecule has 0 aliphatic carbocycles. The number of hydrogen-bond donors (Lipinski definition) is 1. The molecular weight excluding hydrogens is 241 g/mol. The Kier molecular flexibility index (Phi) is 5.55. The summed E-state index contributed by atoms with van der Waals surface area (Å²) in [5.41, 5.74) is 2.04. The molecule has 0 bridgehead atoms. The van der Waals surface area contributed by atoms with Crippen LogP contribution in [-0.2, 0) is 6.54 Å². The Bertz CT molecular complexity index is 443. The molecule has 0 saturated carbocycles. The van der Waals surface area contributed by atoms with Gasteiger partial charge in [0.1, 0.15) is 18.2 Å². The van der Waals surface area contributed by atoms with Gasteiger partial charge in [0.2, 0.25) is 0 Å². The van der Waals surface area contributed by atoms with Crippen molar-refractivity contribution in [2.24, 2.45) is 0 Å². The molecule has 0 saturated heterocycles. The van der Waals surface area contributed by atoms with Crippen LogP contribution in [0.3, 0.4) is 0 Å². The van der Waals surface area contributed by atoms with Gasteiger partial charge in [0.05, 0.1) is 0 Å². The number of ether oxygens (including phenoxy) is 1. The summed E-state index contributed by atoms with van der Waals surface area (Å²) >= 11 is 0. The molecule has 1 rings (SSSR count). The summed E-state index contributed by atoms with van der Waals surface area (Å²) < 4.78 is 19.0. The molecule has 1 aromatic carbocycles. The van der Waals surface area contributed by atoms with Crippen LogP contribution in [0.4, 0.5) is 4.39 Å². The molecule has 0 atom stereocenters. The van der Waals surface area contributed by atoms with Gasteiger partial charge in [0.25, 0.3) is 0 Å². The largest absolute Gasteiger partial charge is 0.489 e. The van der Waals surface area contributed by atoms with Crippen LogP contribution in [-0.4, -0.2) is 12.1 Å². The molecule has 1 aromatic rings. The van der Waals surface area contributed by atoms with Gasteiger partial charge in [0.15, 0.2) is 0 Å². The second-order valence-corrected chi connectivity index (χ2v) is 5.95. The quantitative estimate of drug-likeness (QED) is 0.811. The highest BCUT2D eigenvalue weighted by Gasteiger charge is 2.11. The lowest BCUT2D eigenvalue weighted by molar-refractivity contribution is 0.350. The van der Waals surface area contributed by atoms with Gasteiger partial charge in [-0.05, 0) is 58.9 Å². The highest BCUT2D eigenvalue weighted by atomic mass is 19.1. The van der Waals surface area contributed by atoms with Crippen LogP contribution >= 0.6 is 0 Å². The van der Waals surface area contributed by atoms with Gasteiger partial charge in [-0.3, -0.25) is 0 Å². The van der Waals surface area contributed by atoms with Crippen LogP contribution in [0, 0.1) is 5.82 Å². The second kappa shape index (κ2) is 6.71. The fraction of sp³-hybridized carbons (Fsp3) is 0.500. The zero-order chi connectivity index (χ0) is 14.5. The zero-order valence-corrected chi connectivity index (χ0v) is 12.5. The third kappa shape index (κ3) is 6.39. The summed E-state index contributed by atoms with van der Waals surface area (Å²) in [4.78, 5) is 0. The predicted molar refractivity (Wildman–Crippen MR) is 77.9 cm³/mol. The Labute approximate surface area is 115 Å². The SMILES string of the molecule is CC(C)=CCOc1ccc(F)cc1CNC(C)(C)C. The molecule has 0 amide bonds. The van der Waals surface area contributed by atoms with E-state index in [1.165, 1.54) is 17.7 Å². The number of allylic oxidation sites excluding steroid dienone is 1. The van der Waals surface area contributed by atoms with Crippen molar-refractivity contribution in [2.45, 2.75) is 46.7 Å². The van der Waals surface area contributed by atoms with Crippen LogP contribution in [0.25, 0.3) is 0 Å². The number of benzene rings is 1. The van der Waals surface area contributed by atoms with Gasteiger partial charge < -0.3 is 10.1 Å². The van der Waals surface area contributed by atoms with E-state index in [4.69, 9.17) is 4.74 Å². The lowest BCUT2D eigenvalue weighted by Crippen LogP contribution is -2.35. The Morgan fingerprint density at radius 1 is 1.32 bits per heavy atom.